The van der Waals surface area contributed by atoms with Crippen molar-refractivity contribution in [2.24, 2.45) is 0 Å². The Morgan fingerprint density at radius 2 is 1.93 bits per heavy atom. The third kappa shape index (κ3) is 5.95. The van der Waals surface area contributed by atoms with Gasteiger partial charge in [0, 0.05) is 18.7 Å². The maximum atomic E-state index is 5.25. The van der Waals surface area contributed by atoms with Crippen LogP contribution in [-0.4, -0.2) is 30.4 Å². The van der Waals surface area contributed by atoms with E-state index in [4.69, 9.17) is 17.0 Å². The van der Waals surface area contributed by atoms with Crippen molar-refractivity contribution < 1.29 is 4.74 Å². The van der Waals surface area contributed by atoms with Crippen molar-refractivity contribution in [2.45, 2.75) is 52.1 Å². The predicted molar refractivity (Wildman–Crippen MR) is 69.2 cm³/mol. The maximum Gasteiger partial charge on any atom is 0.167 e. The van der Waals surface area contributed by atoms with Crippen molar-refractivity contribution >= 4 is 17.3 Å². The second kappa shape index (κ2) is 7.01. The van der Waals surface area contributed by atoms with Gasteiger partial charge in [-0.2, -0.15) is 0 Å². The topological polar surface area (TPSA) is 33.3 Å². The first-order valence-electron chi connectivity index (χ1n) is 5.55. The number of rotatable bonds is 6. The van der Waals surface area contributed by atoms with Crippen LogP contribution in [0, 0.1) is 0 Å². The Labute approximate surface area is 99.0 Å². The van der Waals surface area contributed by atoms with Crippen molar-refractivity contribution in [3.05, 3.63) is 0 Å². The first-order chi connectivity index (χ1) is 6.97. The average Bonchev–Trinajstić information content (AvgIpc) is 2.17. The summed E-state index contributed by atoms with van der Waals surface area (Å²) in [6, 6.07) is 0.243. The molecule has 3 nitrogen and oxygen atoms in total. The Kier molecular flexibility index (Phi) is 6.85. The van der Waals surface area contributed by atoms with E-state index in [0.717, 1.165) is 12.8 Å². The molecule has 0 amide bonds. The summed E-state index contributed by atoms with van der Waals surface area (Å²) in [5, 5.41) is 7.26. The summed E-state index contributed by atoms with van der Waals surface area (Å²) in [5.41, 5.74) is 0.0941. The molecule has 0 aliphatic carbocycles. The van der Waals surface area contributed by atoms with Crippen LogP contribution in [0.4, 0.5) is 0 Å². The molecule has 1 atom stereocenters. The molecule has 0 saturated heterocycles. The summed E-state index contributed by atoms with van der Waals surface area (Å²) in [5.74, 6) is 0. The van der Waals surface area contributed by atoms with Gasteiger partial charge in [0.05, 0.1) is 6.61 Å². The van der Waals surface area contributed by atoms with Gasteiger partial charge in [0.15, 0.2) is 5.11 Å². The van der Waals surface area contributed by atoms with Crippen LogP contribution in [0.3, 0.4) is 0 Å². The first-order valence-corrected chi connectivity index (χ1v) is 5.95. The number of methoxy groups -OCH3 is 1. The van der Waals surface area contributed by atoms with Crippen LogP contribution in [0.1, 0.15) is 40.5 Å². The molecule has 0 fully saturated rings. The quantitative estimate of drug-likeness (QED) is 0.687. The van der Waals surface area contributed by atoms with Crippen molar-refractivity contribution in [1.82, 2.24) is 10.6 Å². The van der Waals surface area contributed by atoms with E-state index >= 15 is 0 Å². The molecule has 0 bridgehead atoms. The molecule has 0 aliphatic rings. The Hall–Kier alpha value is -0.350. The van der Waals surface area contributed by atoms with Gasteiger partial charge in [-0.1, -0.05) is 13.8 Å². The minimum atomic E-state index is 0.0941. The van der Waals surface area contributed by atoms with E-state index in [1.807, 2.05) is 6.92 Å². The third-order valence-electron chi connectivity index (χ3n) is 2.77. The standard InChI is InChI=1S/C11H24N2OS/c1-6-11(4,7-2)13-10(15)12-9(3)8-14-5/h9H,6-8H2,1-5H3,(H2,12,13,15). The highest BCUT2D eigenvalue weighted by Crippen LogP contribution is 2.12. The van der Waals surface area contributed by atoms with Gasteiger partial charge in [-0.25, -0.2) is 0 Å². The fourth-order valence-electron chi connectivity index (χ4n) is 1.25. The van der Waals surface area contributed by atoms with E-state index in [1.165, 1.54) is 0 Å². The highest BCUT2D eigenvalue weighted by molar-refractivity contribution is 7.80. The molecule has 0 aromatic carbocycles. The summed E-state index contributed by atoms with van der Waals surface area (Å²) in [6.45, 7) is 9.22. The Balaban J connectivity index is 4.02. The SMILES string of the molecule is CCC(C)(CC)NC(=S)NC(C)COC. The molecule has 90 valence electrons. The zero-order valence-corrected chi connectivity index (χ0v) is 11.3. The van der Waals surface area contributed by atoms with Gasteiger partial charge < -0.3 is 15.4 Å². The zero-order valence-electron chi connectivity index (χ0n) is 10.5. The highest BCUT2D eigenvalue weighted by Gasteiger charge is 2.20. The van der Waals surface area contributed by atoms with E-state index in [0.29, 0.717) is 11.7 Å². The summed E-state index contributed by atoms with van der Waals surface area (Å²) in [6.07, 6.45) is 2.12. The molecule has 0 heterocycles. The van der Waals surface area contributed by atoms with E-state index < -0.39 is 0 Å². The fourth-order valence-corrected chi connectivity index (χ4v) is 1.70. The molecule has 15 heavy (non-hydrogen) atoms. The van der Waals surface area contributed by atoms with Crippen molar-refractivity contribution in [2.75, 3.05) is 13.7 Å². The molecule has 2 N–H and O–H groups in total. The van der Waals surface area contributed by atoms with Crippen LogP contribution in [-0.2, 0) is 4.74 Å². The molecular weight excluding hydrogens is 208 g/mol. The minimum Gasteiger partial charge on any atom is -0.383 e. The number of nitrogens with one attached hydrogen (secondary N) is 2. The van der Waals surface area contributed by atoms with E-state index in [9.17, 15) is 0 Å². The Bertz CT molecular complexity index is 193. The second-order valence-corrected chi connectivity index (χ2v) is 4.63. The minimum absolute atomic E-state index is 0.0941. The summed E-state index contributed by atoms with van der Waals surface area (Å²) in [7, 11) is 1.69. The predicted octanol–water partition coefficient (Wildman–Crippen LogP) is 2.06. The number of ether oxygens (including phenoxy) is 1. The molecular formula is C11H24N2OS. The third-order valence-corrected chi connectivity index (χ3v) is 2.99. The monoisotopic (exact) mass is 232 g/mol. The van der Waals surface area contributed by atoms with Gasteiger partial charge in [0.1, 0.15) is 0 Å². The smallest absolute Gasteiger partial charge is 0.167 e. The molecule has 0 aromatic rings. The van der Waals surface area contributed by atoms with Crippen LogP contribution >= 0.6 is 12.2 Å². The fraction of sp³-hybridized carbons (Fsp3) is 0.909. The molecule has 4 heteroatoms. The van der Waals surface area contributed by atoms with E-state index in [-0.39, 0.29) is 11.6 Å². The first kappa shape index (κ1) is 14.6. The normalized spacial score (nSPS) is 13.4. The zero-order chi connectivity index (χ0) is 11.9. The van der Waals surface area contributed by atoms with Gasteiger partial charge >= 0.3 is 0 Å². The maximum absolute atomic E-state index is 5.25. The van der Waals surface area contributed by atoms with Crippen LogP contribution in [0.2, 0.25) is 0 Å². The molecule has 0 aliphatic heterocycles. The van der Waals surface area contributed by atoms with Gasteiger partial charge in [-0.15, -0.1) is 0 Å². The van der Waals surface area contributed by atoms with Gasteiger partial charge in [-0.05, 0) is 38.9 Å². The lowest BCUT2D eigenvalue weighted by molar-refractivity contribution is 0.179. The van der Waals surface area contributed by atoms with Crippen molar-refractivity contribution in [1.29, 1.82) is 0 Å². The Morgan fingerprint density at radius 3 is 2.33 bits per heavy atom. The molecule has 1 unspecified atom stereocenters. The number of hydrogen-bond acceptors (Lipinski definition) is 2. The highest BCUT2D eigenvalue weighted by atomic mass is 32.1. The van der Waals surface area contributed by atoms with Gasteiger partial charge in [0.2, 0.25) is 0 Å². The lowest BCUT2D eigenvalue weighted by atomic mass is 9.96. The number of thiocarbonyl (C=S) groups is 1. The van der Waals surface area contributed by atoms with Crippen molar-refractivity contribution in [3.63, 3.8) is 0 Å². The molecule has 0 spiro atoms. The van der Waals surface area contributed by atoms with E-state index in [1.54, 1.807) is 7.11 Å². The van der Waals surface area contributed by atoms with Crippen LogP contribution in [0.15, 0.2) is 0 Å². The van der Waals surface area contributed by atoms with Crippen LogP contribution in [0.5, 0.6) is 0 Å². The van der Waals surface area contributed by atoms with Crippen LogP contribution in [0.25, 0.3) is 0 Å². The summed E-state index contributed by atoms with van der Waals surface area (Å²) >= 11 is 5.25. The lowest BCUT2D eigenvalue weighted by Crippen LogP contribution is -2.52. The van der Waals surface area contributed by atoms with Gasteiger partial charge in [0.25, 0.3) is 0 Å². The van der Waals surface area contributed by atoms with Crippen molar-refractivity contribution in [3.8, 4) is 0 Å². The second-order valence-electron chi connectivity index (χ2n) is 4.22. The molecule has 0 radical (unpaired) electrons. The van der Waals surface area contributed by atoms with Crippen LogP contribution < -0.4 is 10.6 Å². The van der Waals surface area contributed by atoms with Gasteiger partial charge in [-0.3, -0.25) is 0 Å². The number of hydrogen-bond donors (Lipinski definition) is 2. The average molecular weight is 232 g/mol. The summed E-state index contributed by atoms with van der Waals surface area (Å²) < 4.78 is 5.04. The molecule has 0 saturated carbocycles. The lowest BCUT2D eigenvalue weighted by Gasteiger charge is -2.30. The molecule has 0 aromatic heterocycles. The Morgan fingerprint density at radius 1 is 1.40 bits per heavy atom. The van der Waals surface area contributed by atoms with E-state index in [2.05, 4.69) is 31.4 Å². The summed E-state index contributed by atoms with van der Waals surface area (Å²) in [4.78, 5) is 0. The molecule has 0 rings (SSSR count). The largest absolute Gasteiger partial charge is 0.383 e.